The van der Waals surface area contributed by atoms with Crippen molar-refractivity contribution in [2.24, 2.45) is 0 Å². The summed E-state index contributed by atoms with van der Waals surface area (Å²) in [5.41, 5.74) is 1.95. The zero-order valence-electron chi connectivity index (χ0n) is 11.0. The molecule has 1 heterocycles. The van der Waals surface area contributed by atoms with Gasteiger partial charge < -0.3 is 10.6 Å². The van der Waals surface area contributed by atoms with Gasteiger partial charge in [0.2, 0.25) is 0 Å². The number of nitrogens with one attached hydrogen (secondary N) is 2. The number of amides is 1. The van der Waals surface area contributed by atoms with Gasteiger partial charge in [0.05, 0.1) is 0 Å². The van der Waals surface area contributed by atoms with Gasteiger partial charge in [0, 0.05) is 18.2 Å². The van der Waals surface area contributed by atoms with Crippen LogP contribution < -0.4 is 10.6 Å². The lowest BCUT2D eigenvalue weighted by atomic mass is 10.0. The van der Waals surface area contributed by atoms with Crippen molar-refractivity contribution in [2.45, 2.75) is 38.6 Å². The maximum absolute atomic E-state index is 12.3. The molecule has 0 spiro atoms. The van der Waals surface area contributed by atoms with Gasteiger partial charge in [0.15, 0.2) is 0 Å². The maximum atomic E-state index is 12.3. The average molecular weight is 246 g/mol. The lowest BCUT2D eigenvalue weighted by molar-refractivity contribution is 0.0934. The minimum Gasteiger partial charge on any atom is -0.348 e. The molecule has 3 heteroatoms. The Labute approximate surface area is 109 Å². The van der Waals surface area contributed by atoms with E-state index in [1.165, 1.54) is 12.8 Å². The molecule has 3 nitrogen and oxygen atoms in total. The van der Waals surface area contributed by atoms with Crippen molar-refractivity contribution in [3.63, 3.8) is 0 Å². The first-order valence-corrected chi connectivity index (χ1v) is 6.90. The summed E-state index contributed by atoms with van der Waals surface area (Å²) >= 11 is 0. The third-order valence-electron chi connectivity index (χ3n) is 3.52. The fourth-order valence-electron chi connectivity index (χ4n) is 2.46. The molecular weight excluding hydrogens is 224 g/mol. The summed E-state index contributed by atoms with van der Waals surface area (Å²) < 4.78 is 0. The average Bonchev–Trinajstić information content (AvgIpc) is 2.67. The van der Waals surface area contributed by atoms with Crippen molar-refractivity contribution in [2.75, 3.05) is 13.1 Å². The van der Waals surface area contributed by atoms with Crippen LogP contribution in [0.25, 0.3) is 0 Å². The fourth-order valence-corrected chi connectivity index (χ4v) is 2.46. The van der Waals surface area contributed by atoms with Crippen molar-refractivity contribution >= 4 is 5.91 Å². The molecule has 1 aromatic rings. The molecule has 1 unspecified atom stereocenters. The van der Waals surface area contributed by atoms with Crippen LogP contribution in [0.15, 0.2) is 24.3 Å². The Morgan fingerprint density at radius 1 is 1.39 bits per heavy atom. The summed E-state index contributed by atoms with van der Waals surface area (Å²) in [4.78, 5) is 12.3. The zero-order valence-corrected chi connectivity index (χ0v) is 11.0. The first-order chi connectivity index (χ1) is 8.81. The molecule has 0 saturated carbocycles. The van der Waals surface area contributed by atoms with Crippen LogP contribution in [0.3, 0.4) is 0 Å². The number of benzene rings is 1. The van der Waals surface area contributed by atoms with E-state index in [0.29, 0.717) is 0 Å². The molecule has 1 saturated heterocycles. The highest BCUT2D eigenvalue weighted by molar-refractivity contribution is 5.95. The van der Waals surface area contributed by atoms with Gasteiger partial charge in [-0.1, -0.05) is 31.5 Å². The van der Waals surface area contributed by atoms with Crippen molar-refractivity contribution in [1.82, 2.24) is 10.6 Å². The predicted molar refractivity (Wildman–Crippen MR) is 73.8 cm³/mol. The summed E-state index contributed by atoms with van der Waals surface area (Å²) in [5, 5.41) is 6.52. The summed E-state index contributed by atoms with van der Waals surface area (Å²) in [6.45, 7) is 4.04. The molecule has 0 radical (unpaired) electrons. The molecule has 1 fully saturated rings. The molecule has 1 amide bonds. The highest BCUT2D eigenvalue weighted by Crippen LogP contribution is 2.11. The van der Waals surface area contributed by atoms with Crippen molar-refractivity contribution < 1.29 is 4.79 Å². The second-order valence-corrected chi connectivity index (χ2v) is 4.88. The Kier molecular flexibility index (Phi) is 4.76. The molecule has 1 aliphatic rings. The third kappa shape index (κ3) is 3.33. The number of hydrogen-bond donors (Lipinski definition) is 2. The lowest BCUT2D eigenvalue weighted by Gasteiger charge is -2.17. The van der Waals surface area contributed by atoms with Gasteiger partial charge in [-0.2, -0.15) is 0 Å². The Morgan fingerprint density at radius 3 is 3.06 bits per heavy atom. The smallest absolute Gasteiger partial charge is 0.251 e. The highest BCUT2D eigenvalue weighted by Gasteiger charge is 2.16. The van der Waals surface area contributed by atoms with Gasteiger partial charge in [-0.3, -0.25) is 4.79 Å². The normalized spacial score (nSPS) is 20.2. The lowest BCUT2D eigenvalue weighted by Crippen LogP contribution is -2.41. The Morgan fingerprint density at radius 2 is 2.22 bits per heavy atom. The van der Waals surface area contributed by atoms with E-state index in [0.717, 1.165) is 37.1 Å². The van der Waals surface area contributed by atoms with E-state index >= 15 is 0 Å². The van der Waals surface area contributed by atoms with Gasteiger partial charge in [-0.05, 0) is 37.4 Å². The van der Waals surface area contributed by atoms with Crippen LogP contribution in [0.1, 0.15) is 42.1 Å². The number of carbonyl (C=O) groups excluding carboxylic acids is 1. The van der Waals surface area contributed by atoms with E-state index in [1.807, 2.05) is 24.3 Å². The highest BCUT2D eigenvalue weighted by atomic mass is 16.1. The molecule has 2 rings (SSSR count). The van der Waals surface area contributed by atoms with E-state index in [9.17, 15) is 4.79 Å². The molecule has 0 bridgehead atoms. The first-order valence-electron chi connectivity index (χ1n) is 6.90. The van der Waals surface area contributed by atoms with Gasteiger partial charge in [0.25, 0.3) is 5.91 Å². The Balaban J connectivity index is 2.02. The number of carbonyl (C=O) groups is 1. The van der Waals surface area contributed by atoms with Gasteiger partial charge in [-0.15, -0.1) is 0 Å². The first kappa shape index (κ1) is 13.1. The van der Waals surface area contributed by atoms with E-state index in [-0.39, 0.29) is 11.9 Å². The van der Waals surface area contributed by atoms with Crippen molar-refractivity contribution in [3.05, 3.63) is 35.4 Å². The summed E-state index contributed by atoms with van der Waals surface area (Å²) in [6, 6.07) is 8.13. The van der Waals surface area contributed by atoms with Crippen LogP contribution >= 0.6 is 0 Å². The Bertz CT molecular complexity index is 395. The molecule has 1 atom stereocenters. The largest absolute Gasteiger partial charge is 0.348 e. The van der Waals surface area contributed by atoms with E-state index in [4.69, 9.17) is 0 Å². The fraction of sp³-hybridized carbons (Fsp3) is 0.533. The van der Waals surface area contributed by atoms with Gasteiger partial charge in [-0.25, -0.2) is 0 Å². The molecule has 1 aliphatic heterocycles. The minimum absolute atomic E-state index is 0.0705. The van der Waals surface area contributed by atoms with Crippen LogP contribution in [0, 0.1) is 0 Å². The molecule has 0 aromatic heterocycles. The van der Waals surface area contributed by atoms with E-state index in [1.54, 1.807) is 0 Å². The molecule has 2 N–H and O–H groups in total. The topological polar surface area (TPSA) is 41.1 Å². The number of hydrogen-bond acceptors (Lipinski definition) is 2. The maximum Gasteiger partial charge on any atom is 0.251 e. The molecule has 98 valence electrons. The van der Waals surface area contributed by atoms with Crippen molar-refractivity contribution in [1.29, 1.82) is 0 Å². The molecule has 0 aliphatic carbocycles. The standard InChI is InChI=1S/C15H22N2O/c1-2-12-7-3-4-9-14(12)15(18)17-13-8-5-6-10-16-11-13/h3-4,7,9,13,16H,2,5-6,8,10-11H2,1H3,(H,17,18). The van der Waals surface area contributed by atoms with Crippen LogP contribution in [0.2, 0.25) is 0 Å². The van der Waals surface area contributed by atoms with E-state index < -0.39 is 0 Å². The van der Waals surface area contributed by atoms with Crippen LogP contribution in [0.4, 0.5) is 0 Å². The third-order valence-corrected chi connectivity index (χ3v) is 3.52. The second-order valence-electron chi connectivity index (χ2n) is 4.88. The van der Waals surface area contributed by atoms with Gasteiger partial charge in [0.1, 0.15) is 0 Å². The van der Waals surface area contributed by atoms with Crippen molar-refractivity contribution in [3.8, 4) is 0 Å². The SMILES string of the molecule is CCc1ccccc1C(=O)NC1CCCCNC1. The Hall–Kier alpha value is -1.35. The zero-order chi connectivity index (χ0) is 12.8. The summed E-state index contributed by atoms with van der Waals surface area (Å²) in [6.07, 6.45) is 4.37. The number of rotatable bonds is 3. The van der Waals surface area contributed by atoms with Gasteiger partial charge >= 0.3 is 0 Å². The monoisotopic (exact) mass is 246 g/mol. The van der Waals surface area contributed by atoms with Crippen LogP contribution in [-0.2, 0) is 6.42 Å². The van der Waals surface area contributed by atoms with Crippen LogP contribution in [-0.4, -0.2) is 25.0 Å². The predicted octanol–water partition coefficient (Wildman–Crippen LogP) is 2.12. The molecule has 1 aromatic carbocycles. The second kappa shape index (κ2) is 6.55. The quantitative estimate of drug-likeness (QED) is 0.857. The molecule has 18 heavy (non-hydrogen) atoms. The number of aryl methyl sites for hydroxylation is 1. The summed E-state index contributed by atoms with van der Waals surface area (Å²) in [5.74, 6) is 0.0705. The van der Waals surface area contributed by atoms with E-state index in [2.05, 4.69) is 17.6 Å². The summed E-state index contributed by atoms with van der Waals surface area (Å²) in [7, 11) is 0. The minimum atomic E-state index is 0.0705. The molecular formula is C15H22N2O. The van der Waals surface area contributed by atoms with Crippen LogP contribution in [0.5, 0.6) is 0 Å².